The topological polar surface area (TPSA) is 70.6 Å². The quantitative estimate of drug-likeness (QED) is 0.755. The predicted molar refractivity (Wildman–Crippen MR) is 99.7 cm³/mol. The molecule has 1 saturated heterocycles. The third-order valence-corrected chi connectivity index (χ3v) is 6.88. The van der Waals surface area contributed by atoms with E-state index < -0.39 is 27.8 Å². The maximum Gasteiger partial charge on any atom is 0.416 e. The molecule has 1 fully saturated rings. The van der Waals surface area contributed by atoms with E-state index in [0.717, 1.165) is 29.8 Å². The monoisotopic (exact) mass is 427 g/mol. The summed E-state index contributed by atoms with van der Waals surface area (Å²) >= 11 is 0. The number of alkyl halides is 3. The first kappa shape index (κ1) is 21.3. The molecule has 0 spiro atoms. The number of benzene rings is 1. The van der Waals surface area contributed by atoms with Crippen LogP contribution in [0.3, 0.4) is 0 Å². The number of nitrogens with zero attached hydrogens (tertiary/aromatic N) is 3. The second-order valence-corrected chi connectivity index (χ2v) is 8.80. The Morgan fingerprint density at radius 2 is 1.79 bits per heavy atom. The van der Waals surface area contributed by atoms with Crippen molar-refractivity contribution >= 4 is 15.9 Å². The van der Waals surface area contributed by atoms with Crippen LogP contribution < -0.4 is 0 Å². The number of halogens is 3. The zero-order valence-electron chi connectivity index (χ0n) is 15.8. The number of amides is 1. The third kappa shape index (κ3) is 4.27. The van der Waals surface area contributed by atoms with E-state index in [0.29, 0.717) is 5.69 Å². The second kappa shape index (κ2) is 7.75. The number of piperazine rings is 1. The number of hydrogen-bond donors (Lipinski definition) is 0. The minimum atomic E-state index is -4.54. The fourth-order valence-corrected chi connectivity index (χ4v) is 4.91. The summed E-state index contributed by atoms with van der Waals surface area (Å²) in [6, 6.07) is 6.38. The van der Waals surface area contributed by atoms with E-state index in [1.807, 2.05) is 0 Å². The molecule has 0 aliphatic carbocycles. The van der Waals surface area contributed by atoms with Crippen LogP contribution in [0.2, 0.25) is 0 Å². The van der Waals surface area contributed by atoms with E-state index in [1.54, 1.807) is 30.9 Å². The summed E-state index contributed by atoms with van der Waals surface area (Å²) in [6.45, 7) is 3.80. The number of sulfonamides is 1. The lowest BCUT2D eigenvalue weighted by Gasteiger charge is -2.38. The maximum absolute atomic E-state index is 12.9. The van der Waals surface area contributed by atoms with E-state index in [4.69, 9.17) is 0 Å². The van der Waals surface area contributed by atoms with Crippen LogP contribution in [0.1, 0.15) is 28.5 Å². The lowest BCUT2D eigenvalue weighted by atomic mass is 10.1. The molecule has 1 aliphatic rings. The number of carbonyl (C=O) groups is 1. The van der Waals surface area contributed by atoms with Crippen LogP contribution in [-0.2, 0) is 16.2 Å². The first-order valence-electron chi connectivity index (χ1n) is 8.92. The molecule has 1 aliphatic heterocycles. The Morgan fingerprint density at radius 3 is 2.34 bits per heavy atom. The first-order valence-corrected chi connectivity index (χ1v) is 10.4. The molecule has 0 unspecified atom stereocenters. The fraction of sp³-hybridized carbons (Fsp3) is 0.368. The molecule has 2 heterocycles. The van der Waals surface area contributed by atoms with Gasteiger partial charge in [-0.1, -0.05) is 6.07 Å². The lowest BCUT2D eigenvalue weighted by Crippen LogP contribution is -2.55. The van der Waals surface area contributed by atoms with Gasteiger partial charge in [0, 0.05) is 31.9 Å². The van der Waals surface area contributed by atoms with Crippen LogP contribution in [0.15, 0.2) is 47.5 Å². The predicted octanol–water partition coefficient (Wildman–Crippen LogP) is 2.94. The van der Waals surface area contributed by atoms with Crippen LogP contribution in [0.4, 0.5) is 13.2 Å². The van der Waals surface area contributed by atoms with Gasteiger partial charge in [0.15, 0.2) is 0 Å². The Hall–Kier alpha value is -2.46. The summed E-state index contributed by atoms with van der Waals surface area (Å²) in [5.74, 6) is -0.276. The molecule has 0 N–H and O–H groups in total. The van der Waals surface area contributed by atoms with Crippen molar-refractivity contribution in [3.63, 3.8) is 0 Å². The van der Waals surface area contributed by atoms with Crippen LogP contribution in [-0.4, -0.2) is 54.2 Å². The Balaban J connectivity index is 1.76. The molecule has 0 radical (unpaired) electrons. The largest absolute Gasteiger partial charge is 0.416 e. The zero-order chi connectivity index (χ0) is 21.4. The fourth-order valence-electron chi connectivity index (χ4n) is 3.29. The minimum Gasteiger partial charge on any atom is -0.334 e. The van der Waals surface area contributed by atoms with Gasteiger partial charge in [-0.3, -0.25) is 9.78 Å². The van der Waals surface area contributed by atoms with Crippen LogP contribution in [0, 0.1) is 6.92 Å². The number of carbonyl (C=O) groups excluding carboxylic acids is 1. The molecule has 1 amide bonds. The molecule has 1 atom stereocenters. The minimum absolute atomic E-state index is 0.0438. The number of hydrogen-bond acceptors (Lipinski definition) is 4. The zero-order valence-corrected chi connectivity index (χ0v) is 16.7. The van der Waals surface area contributed by atoms with Gasteiger partial charge in [0.1, 0.15) is 5.69 Å². The highest BCUT2D eigenvalue weighted by atomic mass is 32.2. The molecule has 10 heteroatoms. The van der Waals surface area contributed by atoms with Crippen LogP contribution in [0.5, 0.6) is 0 Å². The Morgan fingerprint density at radius 1 is 1.14 bits per heavy atom. The molecule has 1 aromatic heterocycles. The molecule has 0 saturated carbocycles. The normalized spacial score (nSPS) is 18.7. The van der Waals surface area contributed by atoms with Crippen molar-refractivity contribution in [3.05, 3.63) is 59.4 Å². The summed E-state index contributed by atoms with van der Waals surface area (Å²) in [5, 5.41) is 0. The number of aromatic nitrogens is 1. The molecule has 2 aromatic rings. The molecule has 1 aromatic carbocycles. The molecule has 6 nitrogen and oxygen atoms in total. The van der Waals surface area contributed by atoms with Crippen molar-refractivity contribution < 1.29 is 26.4 Å². The second-order valence-electron chi connectivity index (χ2n) is 6.91. The number of pyridine rings is 1. The van der Waals surface area contributed by atoms with Crippen molar-refractivity contribution in [3.8, 4) is 0 Å². The molecular weight excluding hydrogens is 407 g/mol. The molecule has 3 rings (SSSR count). The van der Waals surface area contributed by atoms with Crippen LogP contribution >= 0.6 is 0 Å². The van der Waals surface area contributed by atoms with Gasteiger partial charge in [0.25, 0.3) is 5.91 Å². The average Bonchev–Trinajstić information content (AvgIpc) is 2.67. The molecule has 29 heavy (non-hydrogen) atoms. The lowest BCUT2D eigenvalue weighted by molar-refractivity contribution is -0.137. The highest BCUT2D eigenvalue weighted by Gasteiger charge is 2.36. The van der Waals surface area contributed by atoms with Gasteiger partial charge in [-0.25, -0.2) is 8.42 Å². The summed E-state index contributed by atoms with van der Waals surface area (Å²) in [7, 11) is -3.98. The van der Waals surface area contributed by atoms with Crippen molar-refractivity contribution in [2.45, 2.75) is 31.0 Å². The van der Waals surface area contributed by atoms with E-state index in [-0.39, 0.29) is 30.4 Å². The van der Waals surface area contributed by atoms with Crippen molar-refractivity contribution in [1.82, 2.24) is 14.2 Å². The average molecular weight is 427 g/mol. The number of rotatable bonds is 3. The van der Waals surface area contributed by atoms with E-state index >= 15 is 0 Å². The van der Waals surface area contributed by atoms with E-state index in [1.165, 1.54) is 10.5 Å². The summed E-state index contributed by atoms with van der Waals surface area (Å²) in [4.78, 5) is 18.1. The van der Waals surface area contributed by atoms with Gasteiger partial charge >= 0.3 is 6.18 Å². The van der Waals surface area contributed by atoms with Crippen LogP contribution in [0.25, 0.3) is 0 Å². The summed E-state index contributed by atoms with van der Waals surface area (Å²) in [6.07, 6.45) is -3.01. The van der Waals surface area contributed by atoms with E-state index in [9.17, 15) is 26.4 Å². The van der Waals surface area contributed by atoms with Gasteiger partial charge in [-0.15, -0.1) is 0 Å². The van der Waals surface area contributed by atoms with Gasteiger partial charge in [-0.05, 0) is 49.7 Å². The van der Waals surface area contributed by atoms with Crippen molar-refractivity contribution in [2.75, 3.05) is 19.6 Å². The van der Waals surface area contributed by atoms with Gasteiger partial charge < -0.3 is 4.90 Å². The maximum atomic E-state index is 12.9. The van der Waals surface area contributed by atoms with Gasteiger partial charge in [0.05, 0.1) is 10.5 Å². The standard InChI is InChI=1S/C19H20F3N3O3S/c1-13-4-3-9-23-17(13)18(26)24-10-11-25(14(2)12-24)29(27,28)16-7-5-15(6-8-16)19(20,21)22/h3-9,14H,10-12H2,1-2H3/t14-/m1/s1. The van der Waals surface area contributed by atoms with E-state index in [2.05, 4.69) is 4.98 Å². The number of aryl methyl sites for hydroxylation is 1. The molecule has 0 bridgehead atoms. The van der Waals surface area contributed by atoms with Crippen molar-refractivity contribution in [2.24, 2.45) is 0 Å². The Kier molecular flexibility index (Phi) is 5.68. The highest BCUT2D eigenvalue weighted by Crippen LogP contribution is 2.30. The SMILES string of the molecule is Cc1cccnc1C(=O)N1CCN(S(=O)(=O)c2ccc(C(F)(F)F)cc2)[C@H](C)C1. The smallest absolute Gasteiger partial charge is 0.334 e. The van der Waals surface area contributed by atoms with Crippen molar-refractivity contribution in [1.29, 1.82) is 0 Å². The summed E-state index contributed by atoms with van der Waals surface area (Å²) < 4.78 is 65.1. The third-order valence-electron chi connectivity index (χ3n) is 4.85. The molecule has 156 valence electrons. The summed E-state index contributed by atoms with van der Waals surface area (Å²) in [5.41, 5.74) is 0.134. The first-order chi connectivity index (χ1) is 13.5. The molecular formula is C19H20F3N3O3S. The Labute approximate surface area is 167 Å². The van der Waals surface area contributed by atoms with Gasteiger partial charge in [0.2, 0.25) is 10.0 Å². The highest BCUT2D eigenvalue weighted by molar-refractivity contribution is 7.89. The Bertz CT molecular complexity index is 1010. The van der Waals surface area contributed by atoms with Gasteiger partial charge in [-0.2, -0.15) is 17.5 Å².